The molecule has 0 radical (unpaired) electrons. The van der Waals surface area contributed by atoms with E-state index in [-0.39, 0.29) is 5.75 Å². The molecule has 5 heteroatoms. The van der Waals surface area contributed by atoms with Crippen molar-refractivity contribution in [2.75, 3.05) is 5.75 Å². The van der Waals surface area contributed by atoms with Crippen molar-refractivity contribution in [2.24, 2.45) is 0 Å². The number of aliphatic carboxylic acids is 1. The first-order valence-corrected chi connectivity index (χ1v) is 8.75. The second-order valence-corrected chi connectivity index (χ2v) is 6.19. The second-order valence-electron chi connectivity index (χ2n) is 5.25. The Morgan fingerprint density at radius 3 is 2.17 bits per heavy atom. The Balaban J connectivity index is 2.17. The molecule has 2 aromatic carbocycles. The molecule has 1 aromatic heterocycles. The molecule has 1 heterocycles. The molecule has 0 saturated heterocycles. The molecule has 0 spiro atoms. The smallest absolute Gasteiger partial charge is 0.313 e. The number of benzene rings is 2. The van der Waals surface area contributed by atoms with E-state index in [2.05, 4.69) is 16.7 Å². The normalized spacial score (nSPS) is 10.7. The molecule has 0 unspecified atom stereocenters. The number of carboxylic acid groups (broad SMARTS) is 1. The van der Waals surface area contributed by atoms with Gasteiger partial charge in [0.05, 0.1) is 17.1 Å². The monoisotopic (exact) mass is 338 g/mol. The summed E-state index contributed by atoms with van der Waals surface area (Å²) in [4.78, 5) is 15.7. The number of rotatable bonds is 6. The van der Waals surface area contributed by atoms with Crippen molar-refractivity contribution < 1.29 is 9.90 Å². The van der Waals surface area contributed by atoms with E-state index in [1.54, 1.807) is 0 Å². The van der Waals surface area contributed by atoms with Gasteiger partial charge in [-0.3, -0.25) is 4.79 Å². The molecule has 0 bridgehead atoms. The lowest BCUT2D eigenvalue weighted by atomic mass is 10.0. The zero-order chi connectivity index (χ0) is 16.9. The van der Waals surface area contributed by atoms with Crippen LogP contribution in [0.15, 0.2) is 65.8 Å². The van der Waals surface area contributed by atoms with E-state index in [9.17, 15) is 4.79 Å². The second kappa shape index (κ2) is 7.36. The molecule has 0 fully saturated rings. The van der Waals surface area contributed by atoms with Crippen LogP contribution in [0, 0.1) is 0 Å². The van der Waals surface area contributed by atoms with E-state index in [0.29, 0.717) is 0 Å². The predicted molar refractivity (Wildman–Crippen MR) is 97.1 cm³/mol. The highest BCUT2D eigenvalue weighted by molar-refractivity contribution is 7.99. The molecule has 1 N–H and O–H groups in total. The molecule has 0 amide bonds. The number of carboxylic acids is 1. The minimum absolute atomic E-state index is 0.000523. The summed E-state index contributed by atoms with van der Waals surface area (Å²) in [5.74, 6) is -0.840. The first-order chi connectivity index (χ1) is 11.7. The Morgan fingerprint density at radius 2 is 1.62 bits per heavy atom. The third kappa shape index (κ3) is 3.36. The molecule has 0 saturated carbocycles. The van der Waals surface area contributed by atoms with Gasteiger partial charge >= 0.3 is 5.97 Å². The molecule has 0 atom stereocenters. The molecule has 4 nitrogen and oxygen atoms in total. The van der Waals surface area contributed by atoms with Crippen LogP contribution in [-0.2, 0) is 11.3 Å². The van der Waals surface area contributed by atoms with Gasteiger partial charge in [0.2, 0.25) is 0 Å². The van der Waals surface area contributed by atoms with Gasteiger partial charge in [-0.05, 0) is 6.92 Å². The standard InChI is InChI=1S/C19H18N2O2S/c1-2-21-18(15-11-7-4-8-12-15)17(14-9-5-3-6-10-14)20-19(21)24-13-16(22)23/h3-12H,2,13H2,1H3,(H,22,23). The fraction of sp³-hybridized carbons (Fsp3) is 0.158. The van der Waals surface area contributed by atoms with Gasteiger partial charge in [-0.1, -0.05) is 72.4 Å². The van der Waals surface area contributed by atoms with Crippen molar-refractivity contribution in [2.45, 2.75) is 18.6 Å². The van der Waals surface area contributed by atoms with E-state index in [1.165, 1.54) is 11.8 Å². The Kier molecular flexibility index (Phi) is 5.01. The molecule has 3 aromatic rings. The third-order valence-corrected chi connectivity index (χ3v) is 4.63. The maximum Gasteiger partial charge on any atom is 0.313 e. The number of thioether (sulfide) groups is 1. The number of carbonyl (C=O) groups is 1. The summed E-state index contributed by atoms with van der Waals surface area (Å²) in [6.45, 7) is 2.78. The van der Waals surface area contributed by atoms with Crippen LogP contribution in [0.5, 0.6) is 0 Å². The number of aromatic nitrogens is 2. The maximum atomic E-state index is 10.9. The summed E-state index contributed by atoms with van der Waals surface area (Å²) in [6, 6.07) is 20.1. The lowest BCUT2D eigenvalue weighted by Crippen LogP contribution is -2.03. The first kappa shape index (κ1) is 16.3. The minimum atomic E-state index is -0.840. The van der Waals surface area contributed by atoms with Crippen LogP contribution in [0.3, 0.4) is 0 Å². The number of hydrogen-bond acceptors (Lipinski definition) is 3. The number of hydrogen-bond donors (Lipinski definition) is 1. The average Bonchev–Trinajstić information content (AvgIpc) is 3.00. The summed E-state index contributed by atoms with van der Waals surface area (Å²) in [6.07, 6.45) is 0. The SMILES string of the molecule is CCn1c(SCC(=O)O)nc(-c2ccccc2)c1-c1ccccc1. The highest BCUT2D eigenvalue weighted by Gasteiger charge is 2.19. The van der Waals surface area contributed by atoms with Crippen LogP contribution in [-0.4, -0.2) is 26.4 Å². The van der Waals surface area contributed by atoms with E-state index in [1.807, 2.05) is 55.5 Å². The fourth-order valence-corrected chi connectivity index (χ4v) is 3.43. The van der Waals surface area contributed by atoms with E-state index in [0.717, 1.165) is 34.2 Å². The van der Waals surface area contributed by atoms with Crippen LogP contribution in [0.1, 0.15) is 6.92 Å². The molecule has 0 aliphatic rings. The molecular weight excluding hydrogens is 320 g/mol. The number of imidazole rings is 1. The molecular formula is C19H18N2O2S. The zero-order valence-corrected chi connectivity index (χ0v) is 14.2. The van der Waals surface area contributed by atoms with Crippen molar-refractivity contribution >= 4 is 17.7 Å². The third-order valence-electron chi connectivity index (χ3n) is 3.67. The van der Waals surface area contributed by atoms with Crippen molar-refractivity contribution in [3.05, 3.63) is 60.7 Å². The van der Waals surface area contributed by atoms with Gasteiger partial charge in [-0.15, -0.1) is 0 Å². The Hall–Kier alpha value is -2.53. The Bertz CT molecular complexity index is 829. The van der Waals surface area contributed by atoms with Gasteiger partial charge in [-0.25, -0.2) is 4.98 Å². The van der Waals surface area contributed by atoms with Crippen molar-refractivity contribution in [1.82, 2.24) is 9.55 Å². The summed E-state index contributed by atoms with van der Waals surface area (Å²) in [5, 5.41) is 9.72. The van der Waals surface area contributed by atoms with Gasteiger partial charge in [0, 0.05) is 17.7 Å². The minimum Gasteiger partial charge on any atom is -0.481 e. The van der Waals surface area contributed by atoms with E-state index < -0.39 is 5.97 Å². The Morgan fingerprint density at radius 1 is 1.04 bits per heavy atom. The maximum absolute atomic E-state index is 10.9. The van der Waals surface area contributed by atoms with Gasteiger partial charge < -0.3 is 9.67 Å². The molecule has 3 rings (SSSR count). The van der Waals surface area contributed by atoms with Gasteiger partial charge in [-0.2, -0.15) is 0 Å². The summed E-state index contributed by atoms with van der Waals surface area (Å²) in [7, 11) is 0. The van der Waals surface area contributed by atoms with Crippen LogP contribution in [0.25, 0.3) is 22.5 Å². The van der Waals surface area contributed by atoms with Gasteiger partial charge in [0.25, 0.3) is 0 Å². The van der Waals surface area contributed by atoms with Crippen molar-refractivity contribution in [3.8, 4) is 22.5 Å². The first-order valence-electron chi connectivity index (χ1n) is 7.76. The molecule has 24 heavy (non-hydrogen) atoms. The largest absolute Gasteiger partial charge is 0.481 e. The van der Waals surface area contributed by atoms with Gasteiger partial charge in [0.1, 0.15) is 0 Å². The highest BCUT2D eigenvalue weighted by Crippen LogP contribution is 2.35. The van der Waals surface area contributed by atoms with Crippen LogP contribution in [0.4, 0.5) is 0 Å². The quantitative estimate of drug-likeness (QED) is 0.676. The molecule has 0 aliphatic carbocycles. The van der Waals surface area contributed by atoms with Crippen molar-refractivity contribution in [1.29, 1.82) is 0 Å². The number of nitrogens with zero attached hydrogens (tertiary/aromatic N) is 2. The van der Waals surface area contributed by atoms with Crippen LogP contribution < -0.4 is 0 Å². The summed E-state index contributed by atoms with van der Waals surface area (Å²) in [5.41, 5.74) is 4.02. The molecule has 122 valence electrons. The van der Waals surface area contributed by atoms with E-state index in [4.69, 9.17) is 10.1 Å². The topological polar surface area (TPSA) is 55.1 Å². The zero-order valence-electron chi connectivity index (χ0n) is 13.3. The lowest BCUT2D eigenvalue weighted by molar-refractivity contribution is -0.133. The van der Waals surface area contributed by atoms with E-state index >= 15 is 0 Å². The summed E-state index contributed by atoms with van der Waals surface area (Å²) >= 11 is 1.26. The average molecular weight is 338 g/mol. The van der Waals surface area contributed by atoms with Crippen LogP contribution in [0.2, 0.25) is 0 Å². The van der Waals surface area contributed by atoms with Crippen molar-refractivity contribution in [3.63, 3.8) is 0 Å². The van der Waals surface area contributed by atoms with Gasteiger partial charge in [0.15, 0.2) is 5.16 Å². The van der Waals surface area contributed by atoms with Crippen LogP contribution >= 0.6 is 11.8 Å². The summed E-state index contributed by atoms with van der Waals surface area (Å²) < 4.78 is 2.09. The molecule has 0 aliphatic heterocycles. The lowest BCUT2D eigenvalue weighted by Gasteiger charge is -2.10. The fourth-order valence-electron chi connectivity index (χ4n) is 2.65. The predicted octanol–water partition coefficient (Wildman–Crippen LogP) is 4.41. The Labute approximate surface area is 145 Å². The highest BCUT2D eigenvalue weighted by atomic mass is 32.2.